The van der Waals surface area contributed by atoms with Gasteiger partial charge in [0.1, 0.15) is 0 Å². The highest BCUT2D eigenvalue weighted by Gasteiger charge is 2.18. The Morgan fingerprint density at radius 3 is 2.57 bits per heavy atom. The van der Waals surface area contributed by atoms with Gasteiger partial charge in [0.05, 0.1) is 6.54 Å². The van der Waals surface area contributed by atoms with Crippen molar-refractivity contribution >= 4 is 17.5 Å². The number of hydrogen-bond donors (Lipinski definition) is 1. The van der Waals surface area contributed by atoms with Crippen LogP contribution in [0.5, 0.6) is 0 Å². The van der Waals surface area contributed by atoms with Crippen LogP contribution in [0.3, 0.4) is 0 Å². The zero-order valence-corrected chi connectivity index (χ0v) is 17.6. The third-order valence-electron chi connectivity index (χ3n) is 5.10. The van der Waals surface area contributed by atoms with Gasteiger partial charge in [-0.05, 0) is 36.8 Å². The molecule has 0 bridgehead atoms. The summed E-state index contributed by atoms with van der Waals surface area (Å²) in [4.78, 5) is 29.0. The molecule has 0 unspecified atom stereocenters. The van der Waals surface area contributed by atoms with Crippen LogP contribution in [-0.4, -0.2) is 49.4 Å². The molecule has 2 aromatic carbocycles. The molecule has 1 heterocycles. The predicted molar refractivity (Wildman–Crippen MR) is 120 cm³/mol. The lowest BCUT2D eigenvalue weighted by Crippen LogP contribution is -2.46. The van der Waals surface area contributed by atoms with Crippen LogP contribution in [0, 0.1) is 11.8 Å². The van der Waals surface area contributed by atoms with Crippen LogP contribution >= 0.6 is 0 Å². The number of carbonyl (C=O) groups excluding carboxylic acids is 2. The van der Waals surface area contributed by atoms with E-state index < -0.39 is 0 Å². The highest BCUT2D eigenvalue weighted by Crippen LogP contribution is 2.15. The Morgan fingerprint density at radius 2 is 1.83 bits per heavy atom. The number of anilines is 1. The minimum absolute atomic E-state index is 0.0424. The summed E-state index contributed by atoms with van der Waals surface area (Å²) < 4.78 is 0. The number of para-hydroxylation sites is 1. The fraction of sp³-hybridized carbons (Fsp3) is 0.360. The molecular formula is C25H29N3O2. The van der Waals surface area contributed by atoms with Gasteiger partial charge >= 0.3 is 0 Å². The van der Waals surface area contributed by atoms with Crippen LogP contribution in [0.4, 0.5) is 5.69 Å². The van der Waals surface area contributed by atoms with Crippen LogP contribution < -0.4 is 10.2 Å². The van der Waals surface area contributed by atoms with Gasteiger partial charge in [0.25, 0.3) is 5.91 Å². The van der Waals surface area contributed by atoms with Crippen LogP contribution in [0.25, 0.3) is 0 Å². The standard InChI is InChI=1S/C25H29N3O2/c1-2-3-14-24(29)28(23-12-5-4-6-13-23)17-8-10-21-9-7-11-22(20-21)25(30)27-18-15-26-16-19-27/h4-7,9,11-13,20,26H,2-3,14-19H2,1H3. The van der Waals surface area contributed by atoms with Crippen LogP contribution in [0.2, 0.25) is 0 Å². The Hall–Kier alpha value is -3.10. The smallest absolute Gasteiger partial charge is 0.253 e. The van der Waals surface area contributed by atoms with Crippen molar-refractivity contribution in [1.29, 1.82) is 0 Å². The second-order valence-electron chi connectivity index (χ2n) is 7.34. The Bertz CT molecular complexity index is 909. The first kappa shape index (κ1) is 21.6. The van der Waals surface area contributed by atoms with Crippen molar-refractivity contribution in [3.63, 3.8) is 0 Å². The van der Waals surface area contributed by atoms with Crippen molar-refractivity contribution in [3.05, 3.63) is 65.7 Å². The van der Waals surface area contributed by atoms with Crippen molar-refractivity contribution in [1.82, 2.24) is 10.2 Å². The monoisotopic (exact) mass is 403 g/mol. The van der Waals surface area contributed by atoms with E-state index in [2.05, 4.69) is 24.1 Å². The zero-order chi connectivity index (χ0) is 21.2. The first-order valence-electron chi connectivity index (χ1n) is 10.6. The van der Waals surface area contributed by atoms with Crippen molar-refractivity contribution in [2.24, 2.45) is 0 Å². The predicted octanol–water partition coefficient (Wildman–Crippen LogP) is 3.31. The molecule has 1 aliphatic rings. The summed E-state index contributed by atoms with van der Waals surface area (Å²) in [5, 5.41) is 3.26. The van der Waals surface area contributed by atoms with Gasteiger partial charge in [-0.15, -0.1) is 0 Å². The highest BCUT2D eigenvalue weighted by atomic mass is 16.2. The SMILES string of the molecule is CCCCC(=O)N(CC#Cc1cccc(C(=O)N2CCNCC2)c1)c1ccccc1. The van der Waals surface area contributed by atoms with Gasteiger partial charge < -0.3 is 15.1 Å². The van der Waals surface area contributed by atoms with Crippen LogP contribution in [-0.2, 0) is 4.79 Å². The van der Waals surface area contributed by atoms with Crippen molar-refractivity contribution < 1.29 is 9.59 Å². The fourth-order valence-corrected chi connectivity index (χ4v) is 3.40. The number of amides is 2. The second-order valence-corrected chi connectivity index (χ2v) is 7.34. The summed E-state index contributed by atoms with van der Waals surface area (Å²) >= 11 is 0. The molecule has 5 nitrogen and oxygen atoms in total. The average molecular weight is 404 g/mol. The molecular weight excluding hydrogens is 374 g/mol. The topological polar surface area (TPSA) is 52.7 Å². The first-order chi connectivity index (χ1) is 14.7. The van der Waals surface area contributed by atoms with E-state index >= 15 is 0 Å². The number of hydrogen-bond acceptors (Lipinski definition) is 3. The van der Waals surface area contributed by atoms with Gasteiger partial charge in [0, 0.05) is 49.4 Å². The van der Waals surface area contributed by atoms with Gasteiger partial charge in [-0.3, -0.25) is 9.59 Å². The molecule has 5 heteroatoms. The third-order valence-corrected chi connectivity index (χ3v) is 5.10. The molecule has 0 spiro atoms. The van der Waals surface area contributed by atoms with Gasteiger partial charge in [-0.1, -0.05) is 49.5 Å². The number of nitrogens with one attached hydrogen (secondary N) is 1. The Morgan fingerprint density at radius 1 is 1.07 bits per heavy atom. The van der Waals surface area contributed by atoms with E-state index in [-0.39, 0.29) is 11.8 Å². The third kappa shape index (κ3) is 5.95. The molecule has 30 heavy (non-hydrogen) atoms. The quantitative estimate of drug-likeness (QED) is 0.753. The summed E-state index contributed by atoms with van der Waals surface area (Å²) in [6, 6.07) is 17.1. The molecule has 2 amide bonds. The number of unbranched alkanes of at least 4 members (excludes halogenated alkanes) is 1. The summed E-state index contributed by atoms with van der Waals surface area (Å²) in [5.41, 5.74) is 2.29. The molecule has 3 rings (SSSR count). The lowest BCUT2D eigenvalue weighted by Gasteiger charge is -2.27. The van der Waals surface area contributed by atoms with Gasteiger partial charge in [-0.2, -0.15) is 0 Å². The maximum atomic E-state index is 12.7. The van der Waals surface area contributed by atoms with Crippen LogP contribution in [0.1, 0.15) is 42.1 Å². The second kappa shape index (κ2) is 11.2. The van der Waals surface area contributed by atoms with E-state index in [1.54, 1.807) is 4.90 Å². The molecule has 0 radical (unpaired) electrons. The summed E-state index contributed by atoms with van der Waals surface area (Å²) in [5.74, 6) is 6.38. The van der Waals surface area contributed by atoms with Crippen molar-refractivity contribution in [2.75, 3.05) is 37.6 Å². The number of piperazine rings is 1. The number of nitrogens with zero attached hydrogens (tertiary/aromatic N) is 2. The van der Waals surface area contributed by atoms with E-state index in [9.17, 15) is 9.59 Å². The molecule has 1 saturated heterocycles. The molecule has 1 aliphatic heterocycles. The van der Waals surface area contributed by atoms with Crippen molar-refractivity contribution in [2.45, 2.75) is 26.2 Å². The van der Waals surface area contributed by atoms with E-state index in [0.717, 1.165) is 50.3 Å². The molecule has 2 aromatic rings. The Kier molecular flexibility index (Phi) is 8.05. The molecule has 1 N–H and O–H groups in total. The maximum absolute atomic E-state index is 12.7. The molecule has 0 saturated carbocycles. The first-order valence-corrected chi connectivity index (χ1v) is 10.6. The molecule has 0 aliphatic carbocycles. The van der Waals surface area contributed by atoms with Crippen molar-refractivity contribution in [3.8, 4) is 11.8 Å². The van der Waals surface area contributed by atoms with E-state index in [1.807, 2.05) is 59.5 Å². The Balaban J connectivity index is 1.71. The van der Waals surface area contributed by atoms with Crippen LogP contribution in [0.15, 0.2) is 54.6 Å². The zero-order valence-electron chi connectivity index (χ0n) is 17.6. The van der Waals surface area contributed by atoms with E-state index in [4.69, 9.17) is 0 Å². The largest absolute Gasteiger partial charge is 0.336 e. The molecule has 0 aromatic heterocycles. The average Bonchev–Trinajstić information content (AvgIpc) is 2.81. The summed E-state index contributed by atoms with van der Waals surface area (Å²) in [6.07, 6.45) is 2.36. The Labute approximate surface area is 179 Å². The fourth-order valence-electron chi connectivity index (χ4n) is 3.40. The number of rotatable bonds is 6. The van der Waals surface area contributed by atoms with E-state index in [0.29, 0.717) is 18.5 Å². The van der Waals surface area contributed by atoms with E-state index in [1.165, 1.54) is 0 Å². The lowest BCUT2D eigenvalue weighted by atomic mass is 10.1. The normalized spacial score (nSPS) is 13.3. The minimum atomic E-state index is 0.0424. The number of benzene rings is 2. The molecule has 156 valence electrons. The molecule has 0 atom stereocenters. The molecule has 1 fully saturated rings. The highest BCUT2D eigenvalue weighted by molar-refractivity contribution is 5.95. The minimum Gasteiger partial charge on any atom is -0.336 e. The van der Waals surface area contributed by atoms with Gasteiger partial charge in [0.15, 0.2) is 0 Å². The van der Waals surface area contributed by atoms with Gasteiger partial charge in [-0.25, -0.2) is 0 Å². The lowest BCUT2D eigenvalue weighted by molar-refractivity contribution is -0.118. The number of carbonyl (C=O) groups is 2. The summed E-state index contributed by atoms with van der Waals surface area (Å²) in [7, 11) is 0. The van der Waals surface area contributed by atoms with Gasteiger partial charge in [0.2, 0.25) is 5.91 Å². The maximum Gasteiger partial charge on any atom is 0.253 e. The summed E-state index contributed by atoms with van der Waals surface area (Å²) in [6.45, 7) is 5.50.